The molecule has 1 aromatic rings. The van der Waals surface area contributed by atoms with E-state index in [1.54, 1.807) is 0 Å². The molecule has 0 aromatic heterocycles. The molecular formula is C12H13FN2O5. The number of aliphatic carboxylic acids is 1. The lowest BCUT2D eigenvalue weighted by molar-refractivity contribution is -0.385. The van der Waals surface area contributed by atoms with Crippen LogP contribution in [0, 0.1) is 21.3 Å². The van der Waals surface area contributed by atoms with Crippen LogP contribution in [0.2, 0.25) is 0 Å². The van der Waals surface area contributed by atoms with Gasteiger partial charge in [-0.05, 0) is 13.0 Å². The molecule has 2 unspecified atom stereocenters. The fourth-order valence-corrected chi connectivity index (χ4v) is 2.01. The third-order valence-electron chi connectivity index (χ3n) is 3.44. The Labute approximate surface area is 113 Å². The Morgan fingerprint density at radius 3 is 2.90 bits per heavy atom. The van der Waals surface area contributed by atoms with Gasteiger partial charge in [0, 0.05) is 6.07 Å². The maximum atomic E-state index is 13.8. The third-order valence-corrected chi connectivity index (χ3v) is 3.44. The second-order valence-corrected chi connectivity index (χ2v) is 4.86. The summed E-state index contributed by atoms with van der Waals surface area (Å²) in [5.74, 6) is -1.85. The van der Waals surface area contributed by atoms with Crippen LogP contribution in [0.25, 0.3) is 0 Å². The number of hydrogen-bond acceptors (Lipinski definition) is 5. The molecule has 2 rings (SSSR count). The van der Waals surface area contributed by atoms with E-state index in [0.717, 1.165) is 12.1 Å². The number of nitrogens with one attached hydrogen (secondary N) is 1. The molecule has 20 heavy (non-hydrogen) atoms. The highest BCUT2D eigenvalue weighted by Gasteiger charge is 2.46. The number of non-ortho nitro benzene ring substituents is 1. The number of nitrogens with zero attached hydrogens (tertiary/aromatic N) is 1. The summed E-state index contributed by atoms with van der Waals surface area (Å²) in [4.78, 5) is 21.1. The summed E-state index contributed by atoms with van der Waals surface area (Å²) < 4.78 is 18.9. The molecule has 1 fully saturated rings. The average molecular weight is 284 g/mol. The molecule has 1 saturated heterocycles. The van der Waals surface area contributed by atoms with Crippen LogP contribution in [-0.2, 0) is 9.53 Å². The van der Waals surface area contributed by atoms with E-state index in [1.807, 2.05) is 0 Å². The van der Waals surface area contributed by atoms with Gasteiger partial charge in [-0.2, -0.15) is 0 Å². The predicted molar refractivity (Wildman–Crippen MR) is 67.0 cm³/mol. The van der Waals surface area contributed by atoms with Gasteiger partial charge in [0.05, 0.1) is 35.9 Å². The molecule has 0 radical (unpaired) electrons. The van der Waals surface area contributed by atoms with Gasteiger partial charge < -0.3 is 15.2 Å². The van der Waals surface area contributed by atoms with Crippen molar-refractivity contribution in [1.29, 1.82) is 0 Å². The van der Waals surface area contributed by atoms with Crippen LogP contribution in [0.3, 0.4) is 0 Å². The van der Waals surface area contributed by atoms with Crippen molar-refractivity contribution < 1.29 is 24.0 Å². The van der Waals surface area contributed by atoms with Crippen LogP contribution in [0.1, 0.15) is 6.92 Å². The molecule has 1 aliphatic heterocycles. The number of ether oxygens (including phenoxy) is 1. The molecule has 108 valence electrons. The van der Waals surface area contributed by atoms with Crippen molar-refractivity contribution in [3.05, 3.63) is 34.1 Å². The van der Waals surface area contributed by atoms with E-state index in [-0.39, 0.29) is 24.6 Å². The summed E-state index contributed by atoms with van der Waals surface area (Å²) in [6.45, 7) is 1.65. The monoisotopic (exact) mass is 284 g/mol. The Balaban J connectivity index is 2.22. The van der Waals surface area contributed by atoms with Crippen LogP contribution in [-0.4, -0.2) is 35.3 Å². The highest BCUT2D eigenvalue weighted by Crippen LogP contribution is 2.32. The molecule has 2 atom stereocenters. The molecule has 0 saturated carbocycles. The number of halogens is 1. The number of nitro benzene ring substituents is 1. The van der Waals surface area contributed by atoms with Crippen molar-refractivity contribution in [1.82, 2.24) is 0 Å². The van der Waals surface area contributed by atoms with Gasteiger partial charge in [-0.1, -0.05) is 0 Å². The van der Waals surface area contributed by atoms with Crippen LogP contribution < -0.4 is 5.32 Å². The first kappa shape index (κ1) is 14.2. The topological polar surface area (TPSA) is 102 Å². The zero-order valence-corrected chi connectivity index (χ0v) is 10.6. The van der Waals surface area contributed by atoms with Gasteiger partial charge in [0.25, 0.3) is 5.69 Å². The molecule has 2 N–H and O–H groups in total. The van der Waals surface area contributed by atoms with E-state index in [2.05, 4.69) is 5.32 Å². The van der Waals surface area contributed by atoms with Crippen molar-refractivity contribution in [3.63, 3.8) is 0 Å². The normalized spacial score (nSPS) is 25.4. The van der Waals surface area contributed by atoms with E-state index in [4.69, 9.17) is 4.74 Å². The van der Waals surface area contributed by atoms with E-state index in [0.29, 0.717) is 0 Å². The van der Waals surface area contributed by atoms with Gasteiger partial charge in [-0.25, -0.2) is 4.39 Å². The minimum Gasteiger partial charge on any atom is -0.481 e. The summed E-state index contributed by atoms with van der Waals surface area (Å²) >= 11 is 0. The zero-order valence-electron chi connectivity index (χ0n) is 10.6. The maximum absolute atomic E-state index is 13.8. The Morgan fingerprint density at radius 1 is 1.65 bits per heavy atom. The predicted octanol–water partition coefficient (Wildman–Crippen LogP) is 1.64. The van der Waals surface area contributed by atoms with Gasteiger partial charge in [0.1, 0.15) is 5.41 Å². The van der Waals surface area contributed by atoms with Crippen molar-refractivity contribution in [2.45, 2.75) is 13.0 Å². The molecule has 0 amide bonds. The summed E-state index contributed by atoms with van der Waals surface area (Å²) in [5, 5.41) is 22.5. The van der Waals surface area contributed by atoms with Gasteiger partial charge in [0.15, 0.2) is 5.82 Å². The van der Waals surface area contributed by atoms with Crippen molar-refractivity contribution in [3.8, 4) is 0 Å². The number of nitro groups is 1. The lowest BCUT2D eigenvalue weighted by Gasteiger charge is -2.26. The summed E-state index contributed by atoms with van der Waals surface area (Å²) in [6.07, 6.45) is 0. The molecule has 0 bridgehead atoms. The van der Waals surface area contributed by atoms with E-state index < -0.39 is 28.2 Å². The Kier molecular flexibility index (Phi) is 3.58. The Hall–Kier alpha value is -2.22. The van der Waals surface area contributed by atoms with E-state index in [1.165, 1.54) is 13.0 Å². The number of hydrogen-bond donors (Lipinski definition) is 2. The molecular weight excluding hydrogens is 271 g/mol. The Bertz CT molecular complexity index is 565. The largest absolute Gasteiger partial charge is 0.481 e. The number of benzene rings is 1. The number of rotatable bonds is 4. The van der Waals surface area contributed by atoms with Crippen LogP contribution in [0.4, 0.5) is 15.8 Å². The quantitative estimate of drug-likeness (QED) is 0.643. The number of carboxylic acid groups (broad SMARTS) is 1. The van der Waals surface area contributed by atoms with Crippen LogP contribution in [0.5, 0.6) is 0 Å². The van der Waals surface area contributed by atoms with E-state index >= 15 is 0 Å². The number of carboxylic acids is 1. The van der Waals surface area contributed by atoms with Gasteiger partial charge in [-0.15, -0.1) is 0 Å². The summed E-state index contributed by atoms with van der Waals surface area (Å²) in [7, 11) is 0. The van der Waals surface area contributed by atoms with Crippen LogP contribution in [0.15, 0.2) is 18.2 Å². The molecule has 1 aliphatic rings. The number of anilines is 1. The smallest absolute Gasteiger partial charge is 0.313 e. The summed E-state index contributed by atoms with van der Waals surface area (Å²) in [5.41, 5.74) is -1.52. The standard InChI is InChI=1S/C12H13FN2O5/c1-12(11(16)17)6-20-5-10(12)14-9-3-2-7(15(18)19)4-8(9)13/h2-4,10,14H,5-6H2,1H3,(H,16,17). The first-order valence-corrected chi connectivity index (χ1v) is 5.86. The summed E-state index contributed by atoms with van der Waals surface area (Å²) in [6, 6.07) is 2.54. The van der Waals surface area contributed by atoms with Gasteiger partial charge in [-0.3, -0.25) is 14.9 Å². The van der Waals surface area contributed by atoms with Crippen molar-refractivity contribution in [2.24, 2.45) is 5.41 Å². The lowest BCUT2D eigenvalue weighted by Crippen LogP contribution is -2.43. The molecule has 1 aromatic carbocycles. The molecule has 1 heterocycles. The SMILES string of the molecule is CC1(C(=O)O)COCC1Nc1ccc([N+](=O)[O-])cc1F. The Morgan fingerprint density at radius 2 is 2.35 bits per heavy atom. The fraction of sp³-hybridized carbons (Fsp3) is 0.417. The first-order chi connectivity index (χ1) is 9.34. The second-order valence-electron chi connectivity index (χ2n) is 4.86. The molecule has 0 spiro atoms. The van der Waals surface area contributed by atoms with Crippen molar-refractivity contribution in [2.75, 3.05) is 18.5 Å². The second kappa shape index (κ2) is 5.04. The lowest BCUT2D eigenvalue weighted by atomic mass is 9.85. The maximum Gasteiger partial charge on any atom is 0.313 e. The highest BCUT2D eigenvalue weighted by molar-refractivity contribution is 5.76. The molecule has 0 aliphatic carbocycles. The minimum absolute atomic E-state index is 0.0126. The molecule has 7 nitrogen and oxygen atoms in total. The van der Waals surface area contributed by atoms with Gasteiger partial charge in [0.2, 0.25) is 0 Å². The minimum atomic E-state index is -1.17. The highest BCUT2D eigenvalue weighted by atomic mass is 19.1. The van der Waals surface area contributed by atoms with Crippen LogP contribution >= 0.6 is 0 Å². The number of carbonyl (C=O) groups is 1. The van der Waals surface area contributed by atoms with E-state index in [9.17, 15) is 24.4 Å². The van der Waals surface area contributed by atoms with Gasteiger partial charge >= 0.3 is 5.97 Å². The van der Waals surface area contributed by atoms with Crippen molar-refractivity contribution >= 4 is 17.3 Å². The third kappa shape index (κ3) is 2.42. The fourth-order valence-electron chi connectivity index (χ4n) is 2.01. The zero-order chi connectivity index (χ0) is 14.9. The average Bonchev–Trinajstić information content (AvgIpc) is 2.74. The first-order valence-electron chi connectivity index (χ1n) is 5.86. The molecule has 8 heteroatoms.